The minimum Gasteiger partial charge on any atom is -0.748 e. The first-order valence-electron chi connectivity index (χ1n) is 13.2. The summed E-state index contributed by atoms with van der Waals surface area (Å²) in [5.41, 5.74) is 1.92. The van der Waals surface area contributed by atoms with E-state index in [0.29, 0.717) is 13.1 Å². The van der Waals surface area contributed by atoms with Crippen LogP contribution in [0.15, 0.2) is 58.5 Å². The first-order valence-corrected chi connectivity index (χ1v) is 18.1. The van der Waals surface area contributed by atoms with Crippen molar-refractivity contribution in [2.24, 2.45) is 0 Å². The third-order valence-electron chi connectivity index (χ3n) is 6.42. The quantitative estimate of drug-likeness (QED) is 0.226. The van der Waals surface area contributed by atoms with Gasteiger partial charge in [-0.2, -0.15) is 13.0 Å². The molecule has 0 spiro atoms. The fourth-order valence-electron chi connectivity index (χ4n) is 4.36. The van der Waals surface area contributed by atoms with Crippen LogP contribution in [0, 0.1) is 0 Å². The van der Waals surface area contributed by atoms with E-state index in [2.05, 4.69) is 25.7 Å². The van der Waals surface area contributed by atoms with Crippen LogP contribution in [-0.4, -0.2) is 68.5 Å². The number of benzene rings is 2. The Morgan fingerprint density at radius 2 is 1.60 bits per heavy atom. The van der Waals surface area contributed by atoms with Crippen molar-refractivity contribution in [3.05, 3.63) is 58.6 Å². The Labute approximate surface area is 246 Å². The van der Waals surface area contributed by atoms with Gasteiger partial charge in [-0.3, -0.25) is 4.55 Å². The van der Waals surface area contributed by atoms with E-state index < -0.39 is 26.0 Å². The zero-order valence-corrected chi connectivity index (χ0v) is 26.3. The predicted octanol–water partition coefficient (Wildman–Crippen LogP) is 4.66. The van der Waals surface area contributed by atoms with Crippen molar-refractivity contribution in [1.29, 1.82) is 0 Å². The molecule has 1 aliphatic rings. The van der Waals surface area contributed by atoms with Crippen LogP contribution in [0.25, 0.3) is 16.3 Å². The van der Waals surface area contributed by atoms with Crippen LogP contribution >= 0.6 is 23.1 Å². The lowest BCUT2D eigenvalue weighted by Gasteiger charge is -2.19. The van der Waals surface area contributed by atoms with Gasteiger partial charge in [-0.25, -0.2) is 8.42 Å². The van der Waals surface area contributed by atoms with Crippen molar-refractivity contribution in [2.45, 2.75) is 45.1 Å². The lowest BCUT2D eigenvalue weighted by atomic mass is 10.3. The second-order valence-corrected chi connectivity index (χ2v) is 14.4. The molecule has 0 bridgehead atoms. The lowest BCUT2D eigenvalue weighted by Crippen LogP contribution is -2.36. The van der Waals surface area contributed by atoms with E-state index in [1.807, 2.05) is 64.1 Å². The van der Waals surface area contributed by atoms with E-state index in [9.17, 15) is 21.4 Å². The molecule has 2 aromatic carbocycles. The molecule has 220 valence electrons. The highest BCUT2D eigenvalue weighted by atomic mass is 32.2. The van der Waals surface area contributed by atoms with Crippen molar-refractivity contribution >= 4 is 65.3 Å². The summed E-state index contributed by atoms with van der Waals surface area (Å²) in [4.78, 5) is 5.45. The van der Waals surface area contributed by atoms with Crippen LogP contribution in [0.2, 0.25) is 0 Å². The van der Waals surface area contributed by atoms with Crippen LogP contribution in [0.5, 0.6) is 0 Å². The zero-order chi connectivity index (χ0) is 29.3. The average Bonchev–Trinajstić information content (AvgIpc) is 3.42. The van der Waals surface area contributed by atoms with Gasteiger partial charge >= 0.3 is 0 Å². The summed E-state index contributed by atoms with van der Waals surface area (Å²) >= 11 is 3.13. The van der Waals surface area contributed by atoms with Gasteiger partial charge in [0.1, 0.15) is 4.70 Å². The van der Waals surface area contributed by atoms with Gasteiger partial charge in [0.2, 0.25) is 5.52 Å². The SMILES string of the molecule is CCN(CC)CC.O=S(=O)([O-])CCC[n+]1c(/C=C2\Sc3ccccc3N2CCCS(=O)(=O)O)sc2ccccc21. The standard InChI is InChI=1S/C21H22N2O6S4.C6H15N/c24-32(25,26)13-5-11-22-16-7-1-3-9-18(16)30-20(22)15-21-23(12-6-14-33(27,28)29)17-8-2-4-10-19(17)31-21;1-4-7(5-2)6-3/h1-4,7-10,15H,5-6,11-14H2,(H-,24,25,26,27,28,29);4-6H2,1-3H3. The highest BCUT2D eigenvalue weighted by Gasteiger charge is 2.28. The maximum atomic E-state index is 11.2. The second-order valence-electron chi connectivity index (χ2n) is 9.14. The van der Waals surface area contributed by atoms with Crippen LogP contribution in [0.1, 0.15) is 38.6 Å². The molecule has 1 aromatic heterocycles. The Bertz CT molecular complexity index is 1510. The number of hydrogen-bond acceptors (Lipinski definition) is 9. The monoisotopic (exact) mass is 627 g/mol. The van der Waals surface area contributed by atoms with Gasteiger partial charge in [0.25, 0.3) is 15.1 Å². The summed E-state index contributed by atoms with van der Waals surface area (Å²) in [6.45, 7) is 10.9. The van der Waals surface area contributed by atoms with E-state index in [1.165, 1.54) is 19.6 Å². The molecular formula is C27H37N3O6S4. The van der Waals surface area contributed by atoms with Gasteiger partial charge in [-0.05, 0) is 44.3 Å². The maximum absolute atomic E-state index is 11.2. The van der Waals surface area contributed by atoms with E-state index in [4.69, 9.17) is 4.55 Å². The molecule has 2 heterocycles. The molecule has 3 aromatic rings. The Morgan fingerprint density at radius 3 is 2.23 bits per heavy atom. The van der Waals surface area contributed by atoms with Gasteiger partial charge in [0, 0.05) is 29.7 Å². The third kappa shape index (κ3) is 9.54. The molecule has 4 rings (SSSR count). The summed E-state index contributed by atoms with van der Waals surface area (Å²) in [5, 5.41) is 1.80. The molecule has 0 saturated heterocycles. The van der Waals surface area contributed by atoms with Crippen molar-refractivity contribution in [3.8, 4) is 0 Å². The van der Waals surface area contributed by atoms with Crippen LogP contribution in [-0.2, 0) is 26.8 Å². The average molecular weight is 628 g/mol. The van der Waals surface area contributed by atoms with Crippen molar-refractivity contribution < 1.29 is 30.5 Å². The Balaban J connectivity index is 0.000000559. The van der Waals surface area contributed by atoms with E-state index in [1.54, 1.807) is 23.1 Å². The number of rotatable bonds is 12. The fourth-order valence-corrected chi connectivity index (χ4v) is 7.66. The number of anilines is 1. The number of fused-ring (bicyclic) bond motifs is 2. The molecule has 0 saturated carbocycles. The maximum Gasteiger partial charge on any atom is 0.265 e. The lowest BCUT2D eigenvalue weighted by molar-refractivity contribution is -0.668. The molecule has 1 aliphatic heterocycles. The summed E-state index contributed by atoms with van der Waals surface area (Å²) in [6.07, 6.45) is 2.48. The number of nitrogens with zero attached hydrogens (tertiary/aromatic N) is 3. The van der Waals surface area contributed by atoms with Gasteiger partial charge < -0.3 is 14.4 Å². The molecule has 13 heteroatoms. The molecular weight excluding hydrogens is 591 g/mol. The Morgan fingerprint density at radius 1 is 0.950 bits per heavy atom. The largest absolute Gasteiger partial charge is 0.748 e. The van der Waals surface area contributed by atoms with Gasteiger partial charge in [0.15, 0.2) is 6.54 Å². The summed E-state index contributed by atoms with van der Waals surface area (Å²) in [7, 11) is -8.34. The highest BCUT2D eigenvalue weighted by Crippen LogP contribution is 2.46. The number of hydrogen-bond donors (Lipinski definition) is 1. The van der Waals surface area contributed by atoms with Crippen LogP contribution in [0.3, 0.4) is 0 Å². The summed E-state index contributed by atoms with van der Waals surface area (Å²) in [5.74, 6) is -0.752. The normalized spacial score (nSPS) is 14.6. The van der Waals surface area contributed by atoms with Crippen molar-refractivity contribution in [3.63, 3.8) is 0 Å². The van der Waals surface area contributed by atoms with Gasteiger partial charge in [-0.1, -0.05) is 68.1 Å². The van der Waals surface area contributed by atoms with E-state index in [0.717, 1.165) is 30.8 Å². The fraction of sp³-hybridized carbons (Fsp3) is 0.444. The molecule has 1 N–H and O–H groups in total. The molecule has 0 amide bonds. The molecule has 9 nitrogen and oxygen atoms in total. The van der Waals surface area contributed by atoms with Crippen molar-refractivity contribution in [2.75, 3.05) is 42.6 Å². The number of aromatic nitrogens is 1. The second kappa shape index (κ2) is 14.8. The van der Waals surface area contributed by atoms with Crippen molar-refractivity contribution in [1.82, 2.24) is 4.90 Å². The number of thiazole rings is 1. The molecule has 0 radical (unpaired) electrons. The molecule has 0 atom stereocenters. The molecule has 0 aliphatic carbocycles. The topological polar surface area (TPSA) is 122 Å². The molecule has 0 fully saturated rings. The molecule has 0 unspecified atom stereocenters. The number of para-hydroxylation sites is 2. The number of aryl methyl sites for hydroxylation is 1. The van der Waals surface area contributed by atoms with Crippen LogP contribution in [0.4, 0.5) is 5.69 Å². The number of thioether (sulfide) groups is 1. The van der Waals surface area contributed by atoms with Gasteiger partial charge in [-0.15, -0.1) is 0 Å². The van der Waals surface area contributed by atoms with E-state index >= 15 is 0 Å². The summed E-state index contributed by atoms with van der Waals surface area (Å²) < 4.78 is 67.8. The highest BCUT2D eigenvalue weighted by molar-refractivity contribution is 8.03. The Hall–Kier alpha value is -2.00. The summed E-state index contributed by atoms with van der Waals surface area (Å²) in [6, 6.07) is 15.6. The van der Waals surface area contributed by atoms with E-state index in [-0.39, 0.29) is 18.6 Å². The minimum atomic E-state index is -4.29. The zero-order valence-electron chi connectivity index (χ0n) is 23.0. The minimum absolute atomic E-state index is 0.207. The van der Waals surface area contributed by atoms with Crippen LogP contribution < -0.4 is 9.47 Å². The van der Waals surface area contributed by atoms with Gasteiger partial charge in [0.05, 0.1) is 32.7 Å². The molecule has 40 heavy (non-hydrogen) atoms. The first kappa shape index (κ1) is 32.5. The predicted molar refractivity (Wildman–Crippen MR) is 163 cm³/mol. The first-order chi connectivity index (χ1) is 19.0. The smallest absolute Gasteiger partial charge is 0.265 e. The Kier molecular flexibility index (Phi) is 12.0. The third-order valence-corrected chi connectivity index (χ3v) is 10.2.